The molecule has 2 rings (SSSR count). The van der Waals surface area contributed by atoms with Gasteiger partial charge in [0.25, 0.3) is 0 Å². The molecule has 0 atom stereocenters. The van der Waals surface area contributed by atoms with E-state index < -0.39 is 0 Å². The highest BCUT2D eigenvalue weighted by molar-refractivity contribution is 9.10. The molecule has 19 heavy (non-hydrogen) atoms. The summed E-state index contributed by atoms with van der Waals surface area (Å²) >= 11 is 3.45. The van der Waals surface area contributed by atoms with Crippen LogP contribution in [0.1, 0.15) is 25.1 Å². The normalized spacial score (nSPS) is 11.0. The summed E-state index contributed by atoms with van der Waals surface area (Å²) in [5, 5.41) is 3.27. The molecule has 0 unspecified atom stereocenters. The van der Waals surface area contributed by atoms with Crippen LogP contribution in [0.2, 0.25) is 0 Å². The Morgan fingerprint density at radius 3 is 2.89 bits per heavy atom. The molecule has 0 radical (unpaired) electrons. The van der Waals surface area contributed by atoms with Gasteiger partial charge < -0.3 is 14.5 Å². The van der Waals surface area contributed by atoms with Crippen molar-refractivity contribution in [1.82, 2.24) is 10.3 Å². The number of benzene rings is 1. The zero-order valence-electron chi connectivity index (χ0n) is 11.2. The molecule has 2 aromatic rings. The van der Waals surface area contributed by atoms with Gasteiger partial charge in [0.2, 0.25) is 0 Å². The minimum atomic E-state index is 0.255. The maximum absolute atomic E-state index is 5.60. The van der Waals surface area contributed by atoms with Crippen LogP contribution in [0.15, 0.2) is 33.4 Å². The summed E-state index contributed by atoms with van der Waals surface area (Å²) in [5.74, 6) is 0.691. The van der Waals surface area contributed by atoms with Crippen molar-refractivity contribution in [2.24, 2.45) is 0 Å². The van der Waals surface area contributed by atoms with E-state index in [-0.39, 0.29) is 6.08 Å². The third kappa shape index (κ3) is 4.08. The van der Waals surface area contributed by atoms with Gasteiger partial charge in [-0.3, -0.25) is 0 Å². The quantitative estimate of drug-likeness (QED) is 0.901. The second-order valence-corrected chi connectivity index (χ2v) is 5.53. The number of rotatable bonds is 5. The van der Waals surface area contributed by atoms with Crippen molar-refractivity contribution in [2.45, 2.75) is 33.4 Å². The Bertz CT molecular complexity index is 552. The van der Waals surface area contributed by atoms with Gasteiger partial charge >= 0.3 is 6.08 Å². The number of halogens is 1. The number of nitrogens with zero attached hydrogens (tertiary/aromatic N) is 1. The zero-order valence-corrected chi connectivity index (χ0v) is 12.8. The molecule has 4 nitrogen and oxygen atoms in total. The average Bonchev–Trinajstić information content (AvgIpc) is 2.78. The first-order valence-electron chi connectivity index (χ1n) is 6.16. The molecule has 0 amide bonds. The van der Waals surface area contributed by atoms with E-state index in [9.17, 15) is 0 Å². The van der Waals surface area contributed by atoms with Crippen molar-refractivity contribution < 1.29 is 9.15 Å². The fraction of sp³-hybridized carbons (Fsp3) is 0.357. The van der Waals surface area contributed by atoms with Gasteiger partial charge in [0.15, 0.2) is 0 Å². The van der Waals surface area contributed by atoms with Crippen LogP contribution in [0, 0.1) is 6.92 Å². The number of hydrogen-bond donors (Lipinski definition) is 1. The Labute approximate surface area is 121 Å². The largest absolute Gasteiger partial charge is 0.417 e. The number of nitrogens with one attached hydrogen (secondary N) is 1. The molecule has 0 spiro atoms. The lowest BCUT2D eigenvalue weighted by Crippen LogP contribution is -2.21. The van der Waals surface area contributed by atoms with Gasteiger partial charge in [-0.1, -0.05) is 19.9 Å². The first kappa shape index (κ1) is 14.1. The van der Waals surface area contributed by atoms with Crippen molar-refractivity contribution in [1.29, 1.82) is 0 Å². The van der Waals surface area contributed by atoms with E-state index in [1.807, 2.05) is 25.1 Å². The van der Waals surface area contributed by atoms with E-state index in [0.29, 0.717) is 18.3 Å². The third-order valence-corrected chi connectivity index (χ3v) is 3.13. The van der Waals surface area contributed by atoms with E-state index >= 15 is 0 Å². The SMILES string of the molecule is Cc1ccc(Oc2nc(CNC(C)C)co2)c(Br)c1. The molecule has 1 N–H and O–H groups in total. The smallest absolute Gasteiger partial charge is 0.399 e. The van der Waals surface area contributed by atoms with Crippen LogP contribution in [0.5, 0.6) is 11.8 Å². The Kier molecular flexibility index (Phi) is 4.61. The maximum atomic E-state index is 5.60. The first-order valence-corrected chi connectivity index (χ1v) is 6.95. The fourth-order valence-electron chi connectivity index (χ4n) is 1.51. The van der Waals surface area contributed by atoms with Gasteiger partial charge in [-0.05, 0) is 40.5 Å². The highest BCUT2D eigenvalue weighted by Crippen LogP contribution is 2.29. The molecule has 1 aromatic heterocycles. The number of oxazole rings is 1. The minimum absolute atomic E-state index is 0.255. The van der Waals surface area contributed by atoms with Crippen LogP contribution in [-0.2, 0) is 6.54 Å². The summed E-state index contributed by atoms with van der Waals surface area (Å²) in [5.41, 5.74) is 1.99. The first-order chi connectivity index (χ1) is 9.04. The summed E-state index contributed by atoms with van der Waals surface area (Å²) < 4.78 is 11.8. The van der Waals surface area contributed by atoms with E-state index in [1.54, 1.807) is 6.26 Å². The van der Waals surface area contributed by atoms with Crippen LogP contribution < -0.4 is 10.1 Å². The second kappa shape index (κ2) is 6.21. The monoisotopic (exact) mass is 324 g/mol. The highest BCUT2D eigenvalue weighted by atomic mass is 79.9. The summed E-state index contributed by atoms with van der Waals surface area (Å²) in [6, 6.07) is 6.26. The van der Waals surface area contributed by atoms with Crippen molar-refractivity contribution in [3.63, 3.8) is 0 Å². The molecule has 1 aromatic carbocycles. The molecule has 0 aliphatic carbocycles. The summed E-state index contributed by atoms with van der Waals surface area (Å²) in [7, 11) is 0. The molecule has 0 saturated carbocycles. The molecule has 0 fully saturated rings. The van der Waals surface area contributed by atoms with E-state index in [1.165, 1.54) is 0 Å². The highest BCUT2D eigenvalue weighted by Gasteiger charge is 2.09. The lowest BCUT2D eigenvalue weighted by molar-refractivity contribution is 0.329. The lowest BCUT2D eigenvalue weighted by Gasteiger charge is -2.05. The van der Waals surface area contributed by atoms with Gasteiger partial charge in [0.05, 0.1) is 10.2 Å². The van der Waals surface area contributed by atoms with Gasteiger partial charge in [-0.15, -0.1) is 0 Å². The molecule has 102 valence electrons. The Hall–Kier alpha value is -1.33. The molecule has 0 aliphatic rings. The minimum Gasteiger partial charge on any atom is -0.417 e. The molecule has 5 heteroatoms. The lowest BCUT2D eigenvalue weighted by atomic mass is 10.2. The van der Waals surface area contributed by atoms with Crippen molar-refractivity contribution in [3.05, 3.63) is 40.2 Å². The predicted molar refractivity (Wildman–Crippen MR) is 77.4 cm³/mol. The molecule has 0 bridgehead atoms. The number of ether oxygens (including phenoxy) is 1. The van der Waals surface area contributed by atoms with Crippen molar-refractivity contribution >= 4 is 15.9 Å². The van der Waals surface area contributed by atoms with Gasteiger partial charge in [0, 0.05) is 12.6 Å². The summed E-state index contributed by atoms with van der Waals surface area (Å²) in [4.78, 5) is 4.27. The Morgan fingerprint density at radius 1 is 1.42 bits per heavy atom. The third-order valence-electron chi connectivity index (χ3n) is 2.51. The van der Waals surface area contributed by atoms with Crippen LogP contribution in [-0.4, -0.2) is 11.0 Å². The predicted octanol–water partition coefficient (Wildman–Crippen LogP) is 4.04. The van der Waals surface area contributed by atoms with E-state index in [0.717, 1.165) is 15.7 Å². The van der Waals surface area contributed by atoms with Gasteiger partial charge in [-0.2, -0.15) is 4.98 Å². The van der Waals surface area contributed by atoms with Gasteiger partial charge in [-0.25, -0.2) is 0 Å². The number of hydrogen-bond acceptors (Lipinski definition) is 4. The molecule has 0 aliphatic heterocycles. The van der Waals surface area contributed by atoms with E-state index in [4.69, 9.17) is 9.15 Å². The van der Waals surface area contributed by atoms with Crippen LogP contribution in [0.3, 0.4) is 0 Å². The maximum Gasteiger partial charge on any atom is 0.399 e. The topological polar surface area (TPSA) is 47.3 Å². The molecular weight excluding hydrogens is 308 g/mol. The Balaban J connectivity index is 2.03. The molecular formula is C14H17BrN2O2. The zero-order chi connectivity index (χ0) is 13.8. The van der Waals surface area contributed by atoms with Crippen LogP contribution in [0.25, 0.3) is 0 Å². The number of aromatic nitrogens is 1. The van der Waals surface area contributed by atoms with E-state index in [2.05, 4.69) is 40.1 Å². The number of aryl methyl sites for hydroxylation is 1. The molecule has 1 heterocycles. The van der Waals surface area contributed by atoms with Crippen molar-refractivity contribution in [2.75, 3.05) is 0 Å². The molecule has 0 saturated heterocycles. The standard InChI is InChI=1S/C14H17BrN2O2/c1-9(2)16-7-11-8-18-14(17-11)19-13-5-4-10(3)6-12(13)15/h4-6,8-9,16H,7H2,1-3H3. The Morgan fingerprint density at radius 2 is 2.21 bits per heavy atom. The van der Waals surface area contributed by atoms with Crippen molar-refractivity contribution in [3.8, 4) is 11.8 Å². The van der Waals surface area contributed by atoms with Crippen LogP contribution in [0.4, 0.5) is 0 Å². The fourth-order valence-corrected chi connectivity index (χ4v) is 2.08. The summed E-state index contributed by atoms with van der Waals surface area (Å²) in [6.07, 6.45) is 1.86. The summed E-state index contributed by atoms with van der Waals surface area (Å²) in [6.45, 7) is 6.86. The average molecular weight is 325 g/mol. The van der Waals surface area contributed by atoms with Crippen LogP contribution >= 0.6 is 15.9 Å². The second-order valence-electron chi connectivity index (χ2n) is 4.68. The van der Waals surface area contributed by atoms with Gasteiger partial charge in [0.1, 0.15) is 12.0 Å².